The minimum absolute atomic E-state index is 0.0242. The van der Waals surface area contributed by atoms with Crippen LogP contribution in [0.5, 0.6) is 0 Å². The lowest BCUT2D eigenvalue weighted by molar-refractivity contribution is 0.0416. The molecule has 26 heavy (non-hydrogen) atoms. The van der Waals surface area contributed by atoms with Crippen molar-refractivity contribution in [2.75, 3.05) is 13.1 Å². The number of fused-ring (bicyclic) bond motifs is 2. The fraction of sp³-hybridized carbons (Fsp3) is 0.381. The van der Waals surface area contributed by atoms with Gasteiger partial charge in [-0.25, -0.2) is 0 Å². The molecule has 2 aromatic heterocycles. The molecule has 0 amide bonds. The topological polar surface area (TPSA) is 52.1 Å². The van der Waals surface area contributed by atoms with Gasteiger partial charge >= 0.3 is 0 Å². The number of thiophene rings is 1. The standard InChI is InChI=1S/C21H23N3OS/c25-20-13-15-3-1-2-4-17(15)21(20)8-11-24(12-9-21)14-16-5-6-19(26-16)18-7-10-22-23-18/h1-7,10,20,25H,8-9,11-14H2,(H,22,23)/t20-/m1/s1. The first-order valence-electron chi connectivity index (χ1n) is 9.32. The van der Waals surface area contributed by atoms with Crippen LogP contribution in [0.4, 0.5) is 0 Å². The van der Waals surface area contributed by atoms with E-state index in [-0.39, 0.29) is 11.5 Å². The van der Waals surface area contributed by atoms with Crippen molar-refractivity contribution in [3.05, 3.63) is 64.7 Å². The molecule has 4 nitrogen and oxygen atoms in total. The Morgan fingerprint density at radius 3 is 2.81 bits per heavy atom. The highest BCUT2D eigenvalue weighted by Gasteiger charge is 2.47. The molecule has 2 aliphatic rings. The molecule has 0 radical (unpaired) electrons. The van der Waals surface area contributed by atoms with Gasteiger partial charge in [-0.1, -0.05) is 24.3 Å². The van der Waals surface area contributed by atoms with Crippen molar-refractivity contribution in [2.45, 2.75) is 37.3 Å². The summed E-state index contributed by atoms with van der Waals surface area (Å²) in [5.41, 5.74) is 3.80. The Hall–Kier alpha value is -1.95. The summed E-state index contributed by atoms with van der Waals surface area (Å²) in [4.78, 5) is 5.16. The fourth-order valence-corrected chi connectivity index (χ4v) is 5.73. The molecule has 134 valence electrons. The van der Waals surface area contributed by atoms with Gasteiger partial charge in [-0.05, 0) is 61.7 Å². The second-order valence-electron chi connectivity index (χ2n) is 7.55. The molecule has 2 N–H and O–H groups in total. The highest BCUT2D eigenvalue weighted by Crippen LogP contribution is 2.46. The molecule has 0 saturated carbocycles. The van der Waals surface area contributed by atoms with Gasteiger partial charge in [0, 0.05) is 23.0 Å². The van der Waals surface area contributed by atoms with Gasteiger partial charge in [0.15, 0.2) is 0 Å². The minimum Gasteiger partial charge on any atom is -0.392 e. The number of rotatable bonds is 3. The molecule has 1 fully saturated rings. The van der Waals surface area contributed by atoms with Crippen LogP contribution in [0.1, 0.15) is 28.8 Å². The van der Waals surface area contributed by atoms with Gasteiger partial charge in [0.25, 0.3) is 0 Å². The minimum atomic E-state index is -0.226. The van der Waals surface area contributed by atoms with Crippen LogP contribution >= 0.6 is 11.3 Å². The second kappa shape index (κ2) is 6.34. The molecule has 3 aromatic rings. The highest BCUT2D eigenvalue weighted by atomic mass is 32.1. The molecule has 1 aliphatic heterocycles. The molecule has 1 saturated heterocycles. The molecule has 0 bridgehead atoms. The van der Waals surface area contributed by atoms with Crippen molar-refractivity contribution >= 4 is 11.3 Å². The Morgan fingerprint density at radius 1 is 1.15 bits per heavy atom. The number of aliphatic hydroxyl groups is 1. The number of benzene rings is 1. The van der Waals surface area contributed by atoms with Gasteiger partial charge in [-0.3, -0.25) is 10.00 Å². The lowest BCUT2D eigenvalue weighted by Gasteiger charge is -2.42. The Kier molecular flexibility index (Phi) is 3.96. The summed E-state index contributed by atoms with van der Waals surface area (Å²) in [6, 6.07) is 15.0. The van der Waals surface area contributed by atoms with Gasteiger partial charge in [0.2, 0.25) is 0 Å². The average molecular weight is 366 g/mol. The first-order valence-corrected chi connectivity index (χ1v) is 10.1. The summed E-state index contributed by atoms with van der Waals surface area (Å²) in [7, 11) is 0. The molecule has 1 aromatic carbocycles. The molecule has 5 heteroatoms. The number of likely N-dealkylation sites (tertiary alicyclic amines) is 1. The van der Waals surface area contributed by atoms with E-state index < -0.39 is 0 Å². The normalized spacial score (nSPS) is 22.0. The van der Waals surface area contributed by atoms with Gasteiger partial charge in [0.1, 0.15) is 0 Å². The number of aromatic amines is 1. The smallest absolute Gasteiger partial charge is 0.0749 e. The van der Waals surface area contributed by atoms with Crippen LogP contribution < -0.4 is 0 Å². The van der Waals surface area contributed by atoms with Gasteiger partial charge in [-0.15, -0.1) is 11.3 Å². The Balaban J connectivity index is 1.28. The third-order valence-electron chi connectivity index (χ3n) is 6.16. The summed E-state index contributed by atoms with van der Waals surface area (Å²) in [5.74, 6) is 0. The van der Waals surface area contributed by atoms with Crippen LogP contribution in [0.25, 0.3) is 10.6 Å². The van der Waals surface area contributed by atoms with E-state index in [9.17, 15) is 5.11 Å². The lowest BCUT2D eigenvalue weighted by atomic mass is 9.72. The van der Waals surface area contributed by atoms with Crippen LogP contribution in [-0.2, 0) is 18.4 Å². The maximum atomic E-state index is 10.8. The van der Waals surface area contributed by atoms with Crippen molar-refractivity contribution in [1.82, 2.24) is 15.1 Å². The van der Waals surface area contributed by atoms with Gasteiger partial charge in [0.05, 0.1) is 16.7 Å². The third-order valence-corrected chi connectivity index (χ3v) is 7.26. The number of aliphatic hydroxyl groups excluding tert-OH is 1. The quantitative estimate of drug-likeness (QED) is 0.746. The molecule has 1 spiro atoms. The summed E-state index contributed by atoms with van der Waals surface area (Å²) in [6.07, 6.45) is 4.47. The molecule has 0 unspecified atom stereocenters. The average Bonchev–Trinajstić information content (AvgIpc) is 3.38. The zero-order valence-corrected chi connectivity index (χ0v) is 15.5. The fourth-order valence-electron chi connectivity index (χ4n) is 4.70. The maximum absolute atomic E-state index is 10.8. The third kappa shape index (κ3) is 2.62. The number of H-pyrrole nitrogens is 1. The van der Waals surface area contributed by atoms with Crippen molar-refractivity contribution in [3.63, 3.8) is 0 Å². The predicted molar refractivity (Wildman–Crippen MR) is 104 cm³/mol. The summed E-state index contributed by atoms with van der Waals surface area (Å²) in [5, 5.41) is 17.9. The van der Waals surface area contributed by atoms with Crippen molar-refractivity contribution < 1.29 is 5.11 Å². The second-order valence-corrected chi connectivity index (χ2v) is 8.71. The van der Waals surface area contributed by atoms with Crippen molar-refractivity contribution in [1.29, 1.82) is 0 Å². The molecular formula is C21H23N3OS. The first-order chi connectivity index (χ1) is 12.7. The lowest BCUT2D eigenvalue weighted by Crippen LogP contribution is -2.46. The van der Waals surface area contributed by atoms with E-state index in [1.165, 1.54) is 20.9 Å². The Bertz CT molecular complexity index is 894. The summed E-state index contributed by atoms with van der Waals surface area (Å²) >= 11 is 1.83. The van der Waals surface area contributed by atoms with E-state index in [0.29, 0.717) is 0 Å². The molecule has 1 atom stereocenters. The van der Waals surface area contributed by atoms with Crippen molar-refractivity contribution in [2.24, 2.45) is 0 Å². The number of hydrogen-bond donors (Lipinski definition) is 2. The molecular weight excluding hydrogens is 342 g/mol. The van der Waals surface area contributed by atoms with Crippen LogP contribution in [0.3, 0.4) is 0 Å². The Labute approximate surface area is 157 Å². The van der Waals surface area contributed by atoms with Gasteiger partial charge in [-0.2, -0.15) is 5.10 Å². The number of aromatic nitrogens is 2. The van der Waals surface area contributed by atoms with Crippen LogP contribution in [0.15, 0.2) is 48.7 Å². The molecule has 3 heterocycles. The van der Waals surface area contributed by atoms with E-state index >= 15 is 0 Å². The Morgan fingerprint density at radius 2 is 2.00 bits per heavy atom. The van der Waals surface area contributed by atoms with E-state index in [0.717, 1.165) is 44.6 Å². The zero-order valence-electron chi connectivity index (χ0n) is 14.7. The number of piperidine rings is 1. The highest BCUT2D eigenvalue weighted by molar-refractivity contribution is 7.15. The zero-order chi connectivity index (χ0) is 17.6. The SMILES string of the molecule is O[C@@H]1Cc2ccccc2C12CCN(Cc1ccc(-c3ccn[nH]3)s1)CC2. The number of nitrogens with one attached hydrogen (secondary N) is 1. The molecule has 1 aliphatic carbocycles. The number of nitrogens with zero attached hydrogens (tertiary/aromatic N) is 2. The molecule has 5 rings (SSSR count). The van der Waals surface area contributed by atoms with E-state index in [4.69, 9.17) is 0 Å². The van der Waals surface area contributed by atoms with Gasteiger partial charge < -0.3 is 5.11 Å². The predicted octanol–water partition coefficient (Wildman–Crippen LogP) is 3.59. The number of hydrogen-bond acceptors (Lipinski definition) is 4. The largest absolute Gasteiger partial charge is 0.392 e. The van der Waals surface area contributed by atoms with Crippen molar-refractivity contribution in [3.8, 4) is 10.6 Å². The van der Waals surface area contributed by atoms with Crippen LogP contribution in [-0.4, -0.2) is 39.4 Å². The van der Waals surface area contributed by atoms with E-state index in [1.54, 1.807) is 6.20 Å². The summed E-state index contributed by atoms with van der Waals surface area (Å²) < 4.78 is 0. The monoisotopic (exact) mass is 365 g/mol. The van der Waals surface area contributed by atoms with E-state index in [1.807, 2.05) is 17.4 Å². The maximum Gasteiger partial charge on any atom is 0.0749 e. The summed E-state index contributed by atoms with van der Waals surface area (Å²) in [6.45, 7) is 3.08. The van der Waals surface area contributed by atoms with Crippen LogP contribution in [0.2, 0.25) is 0 Å². The first kappa shape index (κ1) is 16.2. The van der Waals surface area contributed by atoms with E-state index in [2.05, 4.69) is 51.5 Å². The van der Waals surface area contributed by atoms with Crippen LogP contribution in [0, 0.1) is 0 Å².